The molecule has 0 aliphatic heterocycles. The summed E-state index contributed by atoms with van der Waals surface area (Å²) < 4.78 is 18.7. The van der Waals surface area contributed by atoms with E-state index in [9.17, 15) is 9.50 Å². The van der Waals surface area contributed by atoms with Crippen LogP contribution in [0.1, 0.15) is 25.5 Å². The minimum Gasteiger partial charge on any atom is -0.487 e. The largest absolute Gasteiger partial charge is 0.487 e. The predicted molar refractivity (Wildman–Crippen MR) is 57.3 cm³/mol. The van der Waals surface area contributed by atoms with Gasteiger partial charge in [0.15, 0.2) is 0 Å². The second kappa shape index (κ2) is 4.94. The normalized spacial score (nSPS) is 14.4. The minimum absolute atomic E-state index is 0.165. The van der Waals surface area contributed by atoms with Crippen molar-refractivity contribution < 1.29 is 14.2 Å². The molecule has 0 heterocycles. The van der Waals surface area contributed by atoms with E-state index in [1.54, 1.807) is 12.1 Å². The summed E-state index contributed by atoms with van der Waals surface area (Å²) in [6.45, 7) is 6.90. The van der Waals surface area contributed by atoms with Gasteiger partial charge in [0.1, 0.15) is 17.7 Å². The van der Waals surface area contributed by atoms with Crippen molar-refractivity contribution in [2.24, 2.45) is 0 Å². The Bertz CT molecular complexity index is 347. The van der Waals surface area contributed by atoms with Gasteiger partial charge in [-0.05, 0) is 26.0 Å². The van der Waals surface area contributed by atoms with Crippen molar-refractivity contribution >= 4 is 0 Å². The van der Waals surface area contributed by atoms with Gasteiger partial charge in [0.2, 0.25) is 0 Å². The van der Waals surface area contributed by atoms with Crippen molar-refractivity contribution in [3.63, 3.8) is 0 Å². The van der Waals surface area contributed by atoms with Crippen LogP contribution in [0.3, 0.4) is 0 Å². The molecule has 15 heavy (non-hydrogen) atoms. The number of hydrogen-bond acceptors (Lipinski definition) is 2. The first-order valence-electron chi connectivity index (χ1n) is 4.81. The molecule has 1 rings (SSSR count). The summed E-state index contributed by atoms with van der Waals surface area (Å²) >= 11 is 0. The lowest BCUT2D eigenvalue weighted by molar-refractivity contribution is 0.193. The first-order chi connectivity index (χ1) is 7.04. The highest BCUT2D eigenvalue weighted by Gasteiger charge is 2.09. The molecule has 82 valence electrons. The molecule has 0 fully saturated rings. The highest BCUT2D eigenvalue weighted by Crippen LogP contribution is 2.22. The number of ether oxygens (including phenoxy) is 1. The van der Waals surface area contributed by atoms with Gasteiger partial charge in [0.05, 0.1) is 6.10 Å². The van der Waals surface area contributed by atoms with Crippen LogP contribution in [-0.4, -0.2) is 11.2 Å². The Kier molecular flexibility index (Phi) is 3.86. The molecule has 0 aliphatic carbocycles. The van der Waals surface area contributed by atoms with E-state index >= 15 is 0 Å². The molecule has 0 saturated heterocycles. The van der Waals surface area contributed by atoms with Crippen molar-refractivity contribution in [1.82, 2.24) is 0 Å². The molecule has 0 aliphatic rings. The van der Waals surface area contributed by atoms with E-state index < -0.39 is 11.9 Å². The van der Waals surface area contributed by atoms with Crippen LogP contribution in [0.25, 0.3) is 0 Å². The number of rotatable bonds is 4. The lowest BCUT2D eigenvalue weighted by atomic mass is 10.1. The van der Waals surface area contributed by atoms with Gasteiger partial charge in [-0.3, -0.25) is 0 Å². The maximum Gasteiger partial charge on any atom is 0.132 e. The Labute approximate surface area is 89.0 Å². The Balaban J connectivity index is 2.86. The van der Waals surface area contributed by atoms with E-state index in [4.69, 9.17) is 4.74 Å². The lowest BCUT2D eigenvalue weighted by Crippen LogP contribution is -2.08. The van der Waals surface area contributed by atoms with Crippen LogP contribution in [0.5, 0.6) is 5.75 Å². The highest BCUT2D eigenvalue weighted by molar-refractivity contribution is 5.30. The van der Waals surface area contributed by atoms with Gasteiger partial charge >= 0.3 is 0 Å². The predicted octanol–water partition coefficient (Wildman–Crippen LogP) is 2.83. The zero-order valence-electron chi connectivity index (χ0n) is 8.90. The fourth-order valence-corrected chi connectivity index (χ4v) is 1.18. The molecule has 3 heteroatoms. The van der Waals surface area contributed by atoms with Crippen molar-refractivity contribution in [3.05, 3.63) is 42.2 Å². The summed E-state index contributed by atoms with van der Waals surface area (Å²) in [4.78, 5) is 0. The van der Waals surface area contributed by atoms with Gasteiger partial charge in [-0.25, -0.2) is 4.39 Å². The molecule has 0 radical (unpaired) electrons. The molecule has 2 nitrogen and oxygen atoms in total. The van der Waals surface area contributed by atoms with Crippen LogP contribution >= 0.6 is 0 Å². The van der Waals surface area contributed by atoms with Gasteiger partial charge in [-0.1, -0.05) is 12.7 Å². The number of aliphatic hydroxyl groups excluding tert-OH is 1. The van der Waals surface area contributed by atoms with Crippen molar-refractivity contribution in [3.8, 4) is 5.75 Å². The summed E-state index contributed by atoms with van der Waals surface area (Å²) in [5.41, 5.74) is 0.272. The second-order valence-corrected chi connectivity index (χ2v) is 3.42. The summed E-state index contributed by atoms with van der Waals surface area (Å²) in [6, 6.07) is 4.42. The Morgan fingerprint density at radius 3 is 2.60 bits per heavy atom. The fourth-order valence-electron chi connectivity index (χ4n) is 1.18. The van der Waals surface area contributed by atoms with Crippen LogP contribution in [0.4, 0.5) is 4.39 Å². The Morgan fingerprint density at radius 1 is 1.47 bits per heavy atom. The molecule has 0 spiro atoms. The summed E-state index contributed by atoms with van der Waals surface area (Å²) in [5.74, 6) is -0.0249. The molecule has 2 unspecified atom stereocenters. The second-order valence-electron chi connectivity index (χ2n) is 3.42. The lowest BCUT2D eigenvalue weighted by Gasteiger charge is -2.12. The van der Waals surface area contributed by atoms with E-state index in [-0.39, 0.29) is 11.7 Å². The Hall–Kier alpha value is -1.35. The van der Waals surface area contributed by atoms with E-state index in [0.717, 1.165) is 0 Å². The molecule has 1 aromatic rings. The molecule has 1 aromatic carbocycles. The van der Waals surface area contributed by atoms with E-state index in [0.29, 0.717) is 5.75 Å². The highest BCUT2D eigenvalue weighted by atomic mass is 19.1. The first kappa shape index (κ1) is 11.7. The Morgan fingerprint density at radius 2 is 2.13 bits per heavy atom. The third-order valence-electron chi connectivity index (χ3n) is 2.08. The molecule has 0 amide bonds. The monoisotopic (exact) mass is 210 g/mol. The average molecular weight is 210 g/mol. The minimum atomic E-state index is -0.809. The van der Waals surface area contributed by atoms with E-state index in [1.165, 1.54) is 19.1 Å². The van der Waals surface area contributed by atoms with Gasteiger partial charge in [0.25, 0.3) is 0 Å². The zero-order chi connectivity index (χ0) is 11.4. The first-order valence-corrected chi connectivity index (χ1v) is 4.81. The molecular formula is C12H15FO2. The van der Waals surface area contributed by atoms with Crippen molar-refractivity contribution in [2.75, 3.05) is 0 Å². The molecule has 0 aromatic heterocycles. The van der Waals surface area contributed by atoms with Crippen LogP contribution in [0, 0.1) is 5.82 Å². The zero-order valence-corrected chi connectivity index (χ0v) is 8.90. The molecular weight excluding hydrogens is 195 g/mol. The third-order valence-corrected chi connectivity index (χ3v) is 2.08. The maximum absolute atomic E-state index is 13.4. The fraction of sp³-hybridized carbons (Fsp3) is 0.333. The van der Waals surface area contributed by atoms with Crippen LogP contribution in [0.2, 0.25) is 0 Å². The third kappa shape index (κ3) is 3.06. The van der Waals surface area contributed by atoms with Gasteiger partial charge < -0.3 is 9.84 Å². The molecule has 0 saturated carbocycles. The molecule has 2 atom stereocenters. The maximum atomic E-state index is 13.4. The number of aliphatic hydroxyl groups is 1. The standard InChI is InChI=1S/C12H15FO2/c1-4-8(2)15-10-5-6-11(9(3)14)12(13)7-10/h4-9,14H,1H2,2-3H3. The van der Waals surface area contributed by atoms with Crippen LogP contribution in [-0.2, 0) is 0 Å². The van der Waals surface area contributed by atoms with Gasteiger partial charge in [0, 0.05) is 11.6 Å². The van der Waals surface area contributed by atoms with Gasteiger partial charge in [-0.2, -0.15) is 0 Å². The quantitative estimate of drug-likeness (QED) is 0.774. The van der Waals surface area contributed by atoms with E-state index in [1.807, 2.05) is 6.92 Å². The van der Waals surface area contributed by atoms with Crippen molar-refractivity contribution in [2.45, 2.75) is 26.1 Å². The summed E-state index contributed by atoms with van der Waals surface area (Å²) in [7, 11) is 0. The summed E-state index contributed by atoms with van der Waals surface area (Å²) in [5, 5.41) is 9.23. The SMILES string of the molecule is C=CC(C)Oc1ccc(C(C)O)c(F)c1. The summed E-state index contributed by atoms with van der Waals surface area (Å²) in [6.07, 6.45) is 0.651. The number of benzene rings is 1. The molecule has 0 bridgehead atoms. The molecule has 1 N–H and O–H groups in total. The van der Waals surface area contributed by atoms with E-state index in [2.05, 4.69) is 6.58 Å². The van der Waals surface area contributed by atoms with Crippen LogP contribution in [0.15, 0.2) is 30.9 Å². The van der Waals surface area contributed by atoms with Crippen LogP contribution < -0.4 is 4.74 Å². The number of halogens is 1. The van der Waals surface area contributed by atoms with Crippen molar-refractivity contribution in [1.29, 1.82) is 0 Å². The topological polar surface area (TPSA) is 29.5 Å². The van der Waals surface area contributed by atoms with Gasteiger partial charge in [-0.15, -0.1) is 0 Å². The number of hydrogen-bond donors (Lipinski definition) is 1. The average Bonchev–Trinajstić information content (AvgIpc) is 2.17. The smallest absolute Gasteiger partial charge is 0.132 e.